The molecule has 0 aromatic heterocycles. The Morgan fingerprint density at radius 1 is 1.38 bits per heavy atom. The Morgan fingerprint density at radius 3 is 2.75 bits per heavy atom. The van der Waals surface area contributed by atoms with E-state index < -0.39 is 0 Å². The topological polar surface area (TPSA) is 20.3 Å². The number of benzene rings is 1. The molecule has 16 heavy (non-hydrogen) atoms. The zero-order valence-electron chi connectivity index (χ0n) is 10.2. The first-order chi connectivity index (χ1) is 7.59. The van der Waals surface area contributed by atoms with Gasteiger partial charge in [-0.1, -0.05) is 39.0 Å². The van der Waals surface area contributed by atoms with Gasteiger partial charge in [0.25, 0.3) is 0 Å². The van der Waals surface area contributed by atoms with Gasteiger partial charge in [0, 0.05) is 18.2 Å². The summed E-state index contributed by atoms with van der Waals surface area (Å²) in [6.07, 6.45) is 0.879. The number of amides is 1. The molecule has 1 aromatic carbocycles. The number of carbonyl (C=O) groups is 1. The van der Waals surface area contributed by atoms with Crippen molar-refractivity contribution in [3.05, 3.63) is 29.8 Å². The SMILES string of the molecule is CC(C)CN1C(=O)C(C)Cc2ccccc21. The highest BCUT2D eigenvalue weighted by atomic mass is 16.2. The van der Waals surface area contributed by atoms with Crippen LogP contribution in [-0.2, 0) is 11.2 Å². The molecule has 1 aromatic rings. The van der Waals surface area contributed by atoms with Crippen LogP contribution in [0.2, 0.25) is 0 Å². The lowest BCUT2D eigenvalue weighted by atomic mass is 9.92. The molecule has 2 nitrogen and oxygen atoms in total. The summed E-state index contributed by atoms with van der Waals surface area (Å²) < 4.78 is 0. The fourth-order valence-electron chi connectivity index (χ4n) is 2.30. The van der Waals surface area contributed by atoms with E-state index in [1.54, 1.807) is 0 Å². The standard InChI is InChI=1S/C14H19NO/c1-10(2)9-15-13-7-5-4-6-12(13)8-11(3)14(15)16/h4-7,10-11H,8-9H2,1-3H3. The van der Waals surface area contributed by atoms with Gasteiger partial charge in [0.15, 0.2) is 0 Å². The van der Waals surface area contributed by atoms with Crippen LogP contribution >= 0.6 is 0 Å². The third-order valence-corrected chi connectivity index (χ3v) is 3.04. The summed E-state index contributed by atoms with van der Waals surface area (Å²) in [5.41, 5.74) is 2.41. The summed E-state index contributed by atoms with van der Waals surface area (Å²) in [5.74, 6) is 0.892. The maximum absolute atomic E-state index is 12.1. The van der Waals surface area contributed by atoms with E-state index in [1.807, 2.05) is 17.9 Å². The molecule has 0 saturated carbocycles. The van der Waals surface area contributed by atoms with Crippen LogP contribution in [-0.4, -0.2) is 12.5 Å². The third-order valence-electron chi connectivity index (χ3n) is 3.04. The minimum absolute atomic E-state index is 0.119. The zero-order chi connectivity index (χ0) is 11.7. The number of carbonyl (C=O) groups excluding carboxylic acids is 1. The molecule has 1 unspecified atom stereocenters. The highest BCUT2D eigenvalue weighted by Crippen LogP contribution is 2.30. The van der Waals surface area contributed by atoms with Gasteiger partial charge < -0.3 is 4.90 Å². The molecule has 1 amide bonds. The lowest BCUT2D eigenvalue weighted by Crippen LogP contribution is -2.42. The van der Waals surface area contributed by atoms with Gasteiger partial charge in [-0.2, -0.15) is 0 Å². The molecule has 0 fully saturated rings. The molecule has 0 N–H and O–H groups in total. The highest BCUT2D eigenvalue weighted by Gasteiger charge is 2.29. The monoisotopic (exact) mass is 217 g/mol. The minimum atomic E-state index is 0.119. The fourth-order valence-corrected chi connectivity index (χ4v) is 2.30. The second-order valence-corrected chi connectivity index (χ2v) is 5.08. The number of rotatable bonds is 2. The Bertz CT molecular complexity index is 397. The van der Waals surface area contributed by atoms with Crippen molar-refractivity contribution in [3.63, 3.8) is 0 Å². The molecule has 0 aliphatic carbocycles. The van der Waals surface area contributed by atoms with Gasteiger partial charge in [-0.15, -0.1) is 0 Å². The largest absolute Gasteiger partial charge is 0.312 e. The molecular formula is C14H19NO. The van der Waals surface area contributed by atoms with Gasteiger partial charge >= 0.3 is 0 Å². The molecule has 0 saturated heterocycles. The molecule has 1 heterocycles. The molecule has 2 heteroatoms. The maximum atomic E-state index is 12.1. The predicted octanol–water partition coefficient (Wildman–Crippen LogP) is 2.87. The second-order valence-electron chi connectivity index (χ2n) is 5.08. The van der Waals surface area contributed by atoms with E-state index in [2.05, 4.69) is 32.0 Å². The van der Waals surface area contributed by atoms with Crippen molar-refractivity contribution in [2.75, 3.05) is 11.4 Å². The van der Waals surface area contributed by atoms with Crippen LogP contribution in [0.4, 0.5) is 5.69 Å². The van der Waals surface area contributed by atoms with Gasteiger partial charge in [-0.05, 0) is 24.0 Å². The van der Waals surface area contributed by atoms with E-state index in [0.29, 0.717) is 5.92 Å². The Morgan fingerprint density at radius 2 is 2.06 bits per heavy atom. The van der Waals surface area contributed by atoms with Crippen molar-refractivity contribution in [3.8, 4) is 0 Å². The molecular weight excluding hydrogens is 198 g/mol. The summed E-state index contributed by atoms with van der Waals surface area (Å²) in [7, 11) is 0. The van der Waals surface area contributed by atoms with Crippen molar-refractivity contribution in [1.82, 2.24) is 0 Å². The lowest BCUT2D eigenvalue weighted by molar-refractivity contribution is -0.122. The molecule has 1 aliphatic rings. The quantitative estimate of drug-likeness (QED) is 0.746. The van der Waals surface area contributed by atoms with Crippen LogP contribution < -0.4 is 4.90 Å². The van der Waals surface area contributed by atoms with E-state index in [1.165, 1.54) is 5.56 Å². The van der Waals surface area contributed by atoms with Crippen molar-refractivity contribution in [2.24, 2.45) is 11.8 Å². The maximum Gasteiger partial charge on any atom is 0.230 e. The van der Waals surface area contributed by atoms with Crippen molar-refractivity contribution in [1.29, 1.82) is 0 Å². The molecule has 1 aliphatic heterocycles. The third kappa shape index (κ3) is 1.97. The second kappa shape index (κ2) is 4.28. The summed E-state index contributed by atoms with van der Waals surface area (Å²) in [6.45, 7) is 7.14. The van der Waals surface area contributed by atoms with E-state index in [-0.39, 0.29) is 11.8 Å². The van der Waals surface area contributed by atoms with Crippen molar-refractivity contribution in [2.45, 2.75) is 27.2 Å². The number of nitrogens with zero attached hydrogens (tertiary/aromatic N) is 1. The van der Waals surface area contributed by atoms with Crippen LogP contribution in [0.15, 0.2) is 24.3 Å². The van der Waals surface area contributed by atoms with Gasteiger partial charge in [0.1, 0.15) is 0 Å². The van der Waals surface area contributed by atoms with E-state index >= 15 is 0 Å². The Kier molecular flexibility index (Phi) is 2.99. The summed E-state index contributed by atoms with van der Waals surface area (Å²) in [6, 6.07) is 8.25. The molecule has 86 valence electrons. The van der Waals surface area contributed by atoms with Gasteiger partial charge in [-0.25, -0.2) is 0 Å². The first kappa shape index (κ1) is 11.2. The van der Waals surface area contributed by atoms with Gasteiger partial charge in [-0.3, -0.25) is 4.79 Å². The Hall–Kier alpha value is -1.31. The number of hydrogen-bond donors (Lipinski definition) is 0. The lowest BCUT2D eigenvalue weighted by Gasteiger charge is -2.33. The number of para-hydroxylation sites is 1. The Balaban J connectivity index is 2.38. The smallest absolute Gasteiger partial charge is 0.230 e. The van der Waals surface area contributed by atoms with Crippen molar-refractivity contribution >= 4 is 11.6 Å². The number of hydrogen-bond acceptors (Lipinski definition) is 1. The van der Waals surface area contributed by atoms with Gasteiger partial charge in [0.05, 0.1) is 0 Å². The molecule has 0 radical (unpaired) electrons. The molecule has 0 bridgehead atoms. The number of anilines is 1. The summed E-state index contributed by atoms with van der Waals surface area (Å²) >= 11 is 0. The van der Waals surface area contributed by atoms with E-state index in [9.17, 15) is 4.79 Å². The number of fused-ring (bicyclic) bond motifs is 1. The molecule has 2 rings (SSSR count). The fraction of sp³-hybridized carbons (Fsp3) is 0.500. The zero-order valence-corrected chi connectivity index (χ0v) is 10.2. The van der Waals surface area contributed by atoms with Crippen LogP contribution in [0.1, 0.15) is 26.3 Å². The first-order valence-corrected chi connectivity index (χ1v) is 5.99. The highest BCUT2D eigenvalue weighted by molar-refractivity contribution is 5.97. The summed E-state index contributed by atoms with van der Waals surface area (Å²) in [4.78, 5) is 14.1. The minimum Gasteiger partial charge on any atom is -0.312 e. The van der Waals surface area contributed by atoms with Crippen LogP contribution in [0.25, 0.3) is 0 Å². The Labute approximate surface area is 97.3 Å². The van der Waals surface area contributed by atoms with Crippen LogP contribution in [0.3, 0.4) is 0 Å². The van der Waals surface area contributed by atoms with Gasteiger partial charge in [0.2, 0.25) is 5.91 Å². The molecule has 0 spiro atoms. The summed E-state index contributed by atoms with van der Waals surface area (Å²) in [5, 5.41) is 0. The van der Waals surface area contributed by atoms with E-state index in [4.69, 9.17) is 0 Å². The average molecular weight is 217 g/mol. The first-order valence-electron chi connectivity index (χ1n) is 5.99. The van der Waals surface area contributed by atoms with Crippen molar-refractivity contribution < 1.29 is 4.79 Å². The normalized spacial score (nSPS) is 20.1. The van der Waals surface area contributed by atoms with Crippen LogP contribution in [0, 0.1) is 11.8 Å². The van der Waals surface area contributed by atoms with E-state index in [0.717, 1.165) is 18.7 Å². The predicted molar refractivity (Wildman–Crippen MR) is 66.5 cm³/mol. The average Bonchev–Trinajstić information content (AvgIpc) is 2.24. The van der Waals surface area contributed by atoms with Crippen LogP contribution in [0.5, 0.6) is 0 Å². The molecule has 1 atom stereocenters.